The molecule has 3 nitrogen and oxygen atoms in total. The van der Waals surface area contributed by atoms with Crippen molar-refractivity contribution >= 4 is 11.9 Å². The number of esters is 1. The highest BCUT2D eigenvalue weighted by molar-refractivity contribution is 6.02. The molecule has 0 aromatic rings. The second kappa shape index (κ2) is 4.43. The van der Waals surface area contributed by atoms with Crippen molar-refractivity contribution in [2.45, 2.75) is 51.2 Å². The summed E-state index contributed by atoms with van der Waals surface area (Å²) in [5.41, 5.74) is -1.31. The van der Waals surface area contributed by atoms with Crippen molar-refractivity contribution in [1.29, 1.82) is 0 Å². The lowest BCUT2D eigenvalue weighted by molar-refractivity contribution is -0.143. The molecule has 0 saturated heterocycles. The fourth-order valence-corrected chi connectivity index (χ4v) is 1.83. The second-order valence-corrected chi connectivity index (χ2v) is 3.84. The predicted molar refractivity (Wildman–Crippen MR) is 52.1 cm³/mol. The summed E-state index contributed by atoms with van der Waals surface area (Å²) in [5, 5.41) is 0. The first-order chi connectivity index (χ1) is 7.35. The summed E-state index contributed by atoms with van der Waals surface area (Å²) >= 11 is 0. The maximum Gasteiger partial charge on any atom is 0.468 e. The van der Waals surface area contributed by atoms with Crippen molar-refractivity contribution in [3.05, 3.63) is 0 Å². The average molecular weight is 237 g/mol. The minimum absolute atomic E-state index is 0.291. The summed E-state index contributed by atoms with van der Waals surface area (Å²) in [6.07, 6.45) is -2.93. The maximum absolute atomic E-state index is 12.3. The summed E-state index contributed by atoms with van der Waals surface area (Å²) in [4.78, 5) is 15.0. The molecule has 1 rings (SSSR count). The van der Waals surface area contributed by atoms with Gasteiger partial charge in [0.25, 0.3) is 0 Å². The zero-order chi connectivity index (χ0) is 12.4. The number of rotatable bonds is 4. The Morgan fingerprint density at radius 3 is 2.06 bits per heavy atom. The van der Waals surface area contributed by atoms with Gasteiger partial charge in [0, 0.05) is 0 Å². The molecule has 0 bridgehead atoms. The molecule has 16 heavy (non-hydrogen) atoms. The summed E-state index contributed by atoms with van der Waals surface area (Å²) in [6, 6.07) is 0. The Morgan fingerprint density at radius 1 is 1.25 bits per heavy atom. The molecule has 0 spiro atoms. The van der Waals surface area contributed by atoms with Crippen LogP contribution in [0.25, 0.3) is 0 Å². The zero-order valence-corrected chi connectivity index (χ0v) is 9.23. The monoisotopic (exact) mass is 237 g/mol. The molecule has 0 aliphatic carbocycles. The van der Waals surface area contributed by atoms with Gasteiger partial charge in [-0.3, -0.25) is 0 Å². The molecule has 0 fully saturated rings. The highest BCUT2D eigenvalue weighted by atomic mass is 19.4. The van der Waals surface area contributed by atoms with Crippen molar-refractivity contribution < 1.29 is 22.7 Å². The van der Waals surface area contributed by atoms with E-state index in [0.29, 0.717) is 25.7 Å². The molecule has 0 atom stereocenters. The van der Waals surface area contributed by atoms with Crippen LogP contribution in [0.4, 0.5) is 13.2 Å². The number of halogens is 3. The molecular formula is C10H14F3NO2. The number of ether oxygens (including phenoxy) is 1. The lowest BCUT2D eigenvalue weighted by Gasteiger charge is -2.19. The Bertz CT molecular complexity index is 304. The van der Waals surface area contributed by atoms with Crippen LogP contribution in [0.1, 0.15) is 39.5 Å². The quantitative estimate of drug-likeness (QED) is 0.705. The third-order valence-electron chi connectivity index (χ3n) is 2.45. The number of carbonyl (C=O) groups is 1. The first kappa shape index (κ1) is 13.0. The fourth-order valence-electron chi connectivity index (χ4n) is 1.83. The third kappa shape index (κ3) is 2.36. The predicted octanol–water partition coefficient (Wildman–Crippen LogP) is 2.84. The van der Waals surface area contributed by atoms with Gasteiger partial charge in [-0.25, -0.2) is 9.79 Å². The van der Waals surface area contributed by atoms with E-state index in [2.05, 4.69) is 9.73 Å². The fraction of sp³-hybridized carbons (Fsp3) is 0.800. The number of nitrogens with zero attached hydrogens (tertiary/aromatic N) is 1. The van der Waals surface area contributed by atoms with Gasteiger partial charge in [0.2, 0.25) is 0 Å². The molecule has 6 heteroatoms. The Hall–Kier alpha value is -1.07. The van der Waals surface area contributed by atoms with E-state index in [4.69, 9.17) is 0 Å². The molecule has 1 heterocycles. The molecule has 0 unspecified atom stereocenters. The highest BCUT2D eigenvalue weighted by Gasteiger charge is 2.52. The normalized spacial score (nSPS) is 19.6. The largest absolute Gasteiger partial charge is 0.468 e. The molecule has 1 aliphatic heterocycles. The molecule has 0 aromatic heterocycles. The van der Waals surface area contributed by atoms with Crippen LogP contribution >= 0.6 is 0 Å². The van der Waals surface area contributed by atoms with Crippen molar-refractivity contribution in [1.82, 2.24) is 0 Å². The highest BCUT2D eigenvalue weighted by Crippen LogP contribution is 2.35. The minimum Gasteiger partial charge on any atom is -0.401 e. The molecule has 0 N–H and O–H groups in total. The summed E-state index contributed by atoms with van der Waals surface area (Å²) in [6.45, 7) is 3.59. The topological polar surface area (TPSA) is 38.7 Å². The number of cyclic esters (lactones) is 1. The van der Waals surface area contributed by atoms with Gasteiger partial charge in [-0.2, -0.15) is 13.2 Å². The molecule has 0 radical (unpaired) electrons. The van der Waals surface area contributed by atoms with Gasteiger partial charge in [-0.15, -0.1) is 0 Å². The standard InChI is InChI=1S/C10H14F3NO2/c1-3-5-9(6-4-2)8(15)16-7(14-9)10(11,12)13/h3-6H2,1-2H3. The van der Waals surface area contributed by atoms with E-state index in [1.165, 1.54) is 0 Å². The van der Waals surface area contributed by atoms with Gasteiger partial charge < -0.3 is 4.74 Å². The molecule has 0 aromatic carbocycles. The Labute approximate surface area is 91.7 Å². The Morgan fingerprint density at radius 2 is 1.75 bits per heavy atom. The van der Waals surface area contributed by atoms with Crippen LogP contribution in [0.3, 0.4) is 0 Å². The van der Waals surface area contributed by atoms with Crippen LogP contribution < -0.4 is 0 Å². The average Bonchev–Trinajstić information content (AvgIpc) is 2.45. The van der Waals surface area contributed by atoms with Crippen LogP contribution in [0.2, 0.25) is 0 Å². The first-order valence-corrected chi connectivity index (χ1v) is 5.25. The van der Waals surface area contributed by atoms with E-state index in [9.17, 15) is 18.0 Å². The molecule has 1 aliphatic rings. The van der Waals surface area contributed by atoms with Gasteiger partial charge in [-0.05, 0) is 12.8 Å². The van der Waals surface area contributed by atoms with Crippen LogP contribution in [-0.2, 0) is 9.53 Å². The summed E-state index contributed by atoms with van der Waals surface area (Å²) < 4.78 is 41.3. The third-order valence-corrected chi connectivity index (χ3v) is 2.45. The lowest BCUT2D eigenvalue weighted by Crippen LogP contribution is -2.33. The van der Waals surface area contributed by atoms with Gasteiger partial charge in [0.1, 0.15) is 0 Å². The van der Waals surface area contributed by atoms with Crippen LogP contribution in [0.15, 0.2) is 4.99 Å². The second-order valence-electron chi connectivity index (χ2n) is 3.84. The first-order valence-electron chi connectivity index (χ1n) is 5.25. The molecule has 0 amide bonds. The van der Waals surface area contributed by atoms with Crippen molar-refractivity contribution in [2.75, 3.05) is 0 Å². The summed E-state index contributed by atoms with van der Waals surface area (Å²) in [5.74, 6) is -2.28. The van der Waals surface area contributed by atoms with E-state index in [1.54, 1.807) is 13.8 Å². The SMILES string of the molecule is CCCC1(CCC)N=C(C(F)(F)F)OC1=O. The van der Waals surface area contributed by atoms with E-state index in [0.717, 1.165) is 0 Å². The molecule has 0 saturated carbocycles. The van der Waals surface area contributed by atoms with Crippen molar-refractivity contribution in [2.24, 2.45) is 4.99 Å². The molecular weight excluding hydrogens is 223 g/mol. The number of hydrogen-bond donors (Lipinski definition) is 0. The van der Waals surface area contributed by atoms with Gasteiger partial charge in [-0.1, -0.05) is 26.7 Å². The van der Waals surface area contributed by atoms with Crippen LogP contribution in [-0.4, -0.2) is 23.6 Å². The van der Waals surface area contributed by atoms with Gasteiger partial charge in [0.05, 0.1) is 0 Å². The van der Waals surface area contributed by atoms with Crippen LogP contribution in [0.5, 0.6) is 0 Å². The van der Waals surface area contributed by atoms with Gasteiger partial charge in [0.15, 0.2) is 5.54 Å². The van der Waals surface area contributed by atoms with Crippen molar-refractivity contribution in [3.63, 3.8) is 0 Å². The number of hydrogen-bond acceptors (Lipinski definition) is 3. The van der Waals surface area contributed by atoms with Crippen molar-refractivity contribution in [3.8, 4) is 0 Å². The Balaban J connectivity index is 3.00. The number of alkyl halides is 3. The van der Waals surface area contributed by atoms with E-state index in [-0.39, 0.29) is 0 Å². The van der Waals surface area contributed by atoms with E-state index >= 15 is 0 Å². The number of carbonyl (C=O) groups excluding carboxylic acids is 1. The van der Waals surface area contributed by atoms with Crippen LogP contribution in [0, 0.1) is 0 Å². The van der Waals surface area contributed by atoms with Gasteiger partial charge >= 0.3 is 18.0 Å². The van der Waals surface area contributed by atoms with E-state index < -0.39 is 23.6 Å². The number of aliphatic imine (C=N–C) groups is 1. The smallest absolute Gasteiger partial charge is 0.401 e. The molecule has 92 valence electrons. The summed E-state index contributed by atoms with van der Waals surface area (Å²) in [7, 11) is 0. The zero-order valence-electron chi connectivity index (χ0n) is 9.23. The lowest BCUT2D eigenvalue weighted by atomic mass is 9.90. The maximum atomic E-state index is 12.3. The Kier molecular flexibility index (Phi) is 3.60. The van der Waals surface area contributed by atoms with E-state index in [1.807, 2.05) is 0 Å². The minimum atomic E-state index is -4.68.